The van der Waals surface area contributed by atoms with Crippen molar-refractivity contribution < 1.29 is 14.3 Å². The standard InChI is InChI=1S/C30H41NO3/c1-27-15-16-30(19-31-24(26(33)34-30)17-20-7-5-4-6-8-20)18-21(27)9-10-23-22(27)11-13-29(3)25(32)12-14-28(23,29)2/h4-8,21-24,31H,9-19H2,1-3H3. The molecule has 184 valence electrons. The van der Waals surface area contributed by atoms with Crippen LogP contribution in [0.4, 0.5) is 0 Å². The number of fused-ring (bicyclic) bond motifs is 5. The average molecular weight is 464 g/mol. The molecule has 1 saturated heterocycles. The minimum atomic E-state index is -0.336. The number of hydrogen-bond acceptors (Lipinski definition) is 4. The molecular weight excluding hydrogens is 422 g/mol. The number of hydrogen-bond donors (Lipinski definition) is 1. The van der Waals surface area contributed by atoms with Crippen LogP contribution < -0.4 is 5.32 Å². The molecule has 0 amide bonds. The number of rotatable bonds is 2. The van der Waals surface area contributed by atoms with Gasteiger partial charge in [0, 0.05) is 18.4 Å². The molecule has 1 aromatic carbocycles. The van der Waals surface area contributed by atoms with Crippen molar-refractivity contribution in [3.8, 4) is 0 Å². The highest BCUT2D eigenvalue weighted by Crippen LogP contribution is 2.71. The zero-order valence-corrected chi connectivity index (χ0v) is 21.2. The second-order valence-electron chi connectivity index (χ2n) is 13.1. The molecule has 6 rings (SSSR count). The monoisotopic (exact) mass is 463 g/mol. The third-order valence-electron chi connectivity index (χ3n) is 11.9. The van der Waals surface area contributed by atoms with Crippen molar-refractivity contribution in [1.82, 2.24) is 5.32 Å². The third kappa shape index (κ3) is 3.13. The van der Waals surface area contributed by atoms with Crippen molar-refractivity contribution in [2.45, 2.75) is 96.6 Å². The normalized spacial score (nSPS) is 48.1. The van der Waals surface area contributed by atoms with E-state index >= 15 is 0 Å². The summed E-state index contributed by atoms with van der Waals surface area (Å²) in [6.07, 6.45) is 10.4. The number of nitrogens with one attached hydrogen (secondary N) is 1. The van der Waals surface area contributed by atoms with Gasteiger partial charge in [-0.3, -0.25) is 9.59 Å². The maximum absolute atomic E-state index is 13.1. The molecule has 4 nitrogen and oxygen atoms in total. The highest BCUT2D eigenvalue weighted by Gasteiger charge is 2.66. The summed E-state index contributed by atoms with van der Waals surface area (Å²) < 4.78 is 6.30. The summed E-state index contributed by atoms with van der Waals surface area (Å²) in [5.74, 6) is 2.42. The predicted octanol–water partition coefficient (Wildman–Crippen LogP) is 5.48. The van der Waals surface area contributed by atoms with Gasteiger partial charge in [-0.2, -0.15) is 0 Å². The Morgan fingerprint density at radius 2 is 1.74 bits per heavy atom. The van der Waals surface area contributed by atoms with Gasteiger partial charge in [0.05, 0.1) is 0 Å². The van der Waals surface area contributed by atoms with Crippen LogP contribution in [0.5, 0.6) is 0 Å². The third-order valence-corrected chi connectivity index (χ3v) is 11.9. The highest BCUT2D eigenvalue weighted by molar-refractivity contribution is 5.88. The lowest BCUT2D eigenvalue weighted by molar-refractivity contribution is -0.199. The summed E-state index contributed by atoms with van der Waals surface area (Å²) in [5, 5.41) is 3.58. The van der Waals surface area contributed by atoms with Gasteiger partial charge < -0.3 is 10.1 Å². The summed E-state index contributed by atoms with van der Waals surface area (Å²) in [7, 11) is 0. The van der Waals surface area contributed by atoms with E-state index in [9.17, 15) is 9.59 Å². The molecule has 8 unspecified atom stereocenters. The second-order valence-corrected chi connectivity index (χ2v) is 13.1. The van der Waals surface area contributed by atoms with E-state index in [1.165, 1.54) is 24.8 Å². The van der Waals surface area contributed by atoms with Crippen molar-refractivity contribution in [2.24, 2.45) is 34.0 Å². The van der Waals surface area contributed by atoms with Gasteiger partial charge in [-0.25, -0.2) is 0 Å². The Kier molecular flexibility index (Phi) is 5.13. The van der Waals surface area contributed by atoms with Crippen LogP contribution >= 0.6 is 0 Å². The molecule has 1 spiro atoms. The van der Waals surface area contributed by atoms with Crippen LogP contribution in [0.15, 0.2) is 30.3 Å². The van der Waals surface area contributed by atoms with Gasteiger partial charge in [0.1, 0.15) is 17.4 Å². The fraction of sp³-hybridized carbons (Fsp3) is 0.733. The summed E-state index contributed by atoms with van der Waals surface area (Å²) >= 11 is 0. The van der Waals surface area contributed by atoms with Crippen LogP contribution in [-0.2, 0) is 20.7 Å². The van der Waals surface area contributed by atoms with E-state index in [1.54, 1.807) is 0 Å². The van der Waals surface area contributed by atoms with Crippen molar-refractivity contribution >= 4 is 11.8 Å². The first-order chi connectivity index (χ1) is 16.2. The maximum Gasteiger partial charge on any atom is 0.324 e. The van der Waals surface area contributed by atoms with E-state index in [2.05, 4.69) is 38.2 Å². The molecular formula is C30H41NO3. The Bertz CT molecular complexity index is 992. The van der Waals surface area contributed by atoms with E-state index in [0.29, 0.717) is 35.4 Å². The largest absolute Gasteiger partial charge is 0.457 e. The molecule has 0 aromatic heterocycles. The number of morpholine rings is 1. The highest BCUT2D eigenvalue weighted by atomic mass is 16.6. The number of ketones is 1. The van der Waals surface area contributed by atoms with Crippen LogP contribution in [0.3, 0.4) is 0 Å². The molecule has 1 heterocycles. The summed E-state index contributed by atoms with van der Waals surface area (Å²) in [6.45, 7) is 8.05. The molecule has 4 saturated carbocycles. The van der Waals surface area contributed by atoms with Crippen molar-refractivity contribution in [3.63, 3.8) is 0 Å². The second kappa shape index (κ2) is 7.66. The first-order valence-corrected chi connectivity index (χ1v) is 13.7. The fourth-order valence-corrected chi connectivity index (χ4v) is 9.42. The number of Topliss-reactive ketones (excluding diaryl/α,β-unsaturated/α-hetero) is 1. The molecule has 5 fully saturated rings. The number of carbonyl (C=O) groups is 2. The molecule has 1 N–H and O–H groups in total. The van der Waals surface area contributed by atoms with Gasteiger partial charge in [-0.1, -0.05) is 51.1 Å². The van der Waals surface area contributed by atoms with Crippen LogP contribution in [0.25, 0.3) is 0 Å². The van der Waals surface area contributed by atoms with E-state index in [0.717, 1.165) is 45.1 Å². The molecule has 4 aliphatic carbocycles. The smallest absolute Gasteiger partial charge is 0.324 e. The Balaban J connectivity index is 1.17. The number of benzene rings is 1. The topological polar surface area (TPSA) is 55.4 Å². The van der Waals surface area contributed by atoms with E-state index in [4.69, 9.17) is 4.74 Å². The van der Waals surface area contributed by atoms with E-state index in [1.807, 2.05) is 18.2 Å². The molecule has 1 aromatic rings. The van der Waals surface area contributed by atoms with E-state index in [-0.39, 0.29) is 28.4 Å². The quantitative estimate of drug-likeness (QED) is 0.590. The van der Waals surface area contributed by atoms with E-state index < -0.39 is 0 Å². The molecule has 0 bridgehead atoms. The molecule has 8 atom stereocenters. The molecule has 5 aliphatic rings. The van der Waals surface area contributed by atoms with Gasteiger partial charge in [0.25, 0.3) is 0 Å². The van der Waals surface area contributed by atoms with Crippen LogP contribution in [0, 0.1) is 34.0 Å². The summed E-state index contributed by atoms with van der Waals surface area (Å²) in [4.78, 5) is 25.9. The first-order valence-electron chi connectivity index (χ1n) is 13.7. The Hall–Kier alpha value is -1.68. The van der Waals surface area contributed by atoms with Crippen LogP contribution in [-0.4, -0.2) is 29.9 Å². The number of ether oxygens (including phenoxy) is 1. The van der Waals surface area contributed by atoms with Gasteiger partial charge in [-0.05, 0) is 91.9 Å². The van der Waals surface area contributed by atoms with Crippen molar-refractivity contribution in [1.29, 1.82) is 0 Å². The zero-order chi connectivity index (χ0) is 23.8. The molecule has 1 aliphatic heterocycles. The fourth-order valence-electron chi connectivity index (χ4n) is 9.42. The Morgan fingerprint density at radius 1 is 0.941 bits per heavy atom. The van der Waals surface area contributed by atoms with Gasteiger partial charge in [0.15, 0.2) is 0 Å². The lowest BCUT2D eigenvalue weighted by Gasteiger charge is -2.64. The van der Waals surface area contributed by atoms with Gasteiger partial charge in [-0.15, -0.1) is 0 Å². The minimum Gasteiger partial charge on any atom is -0.457 e. The predicted molar refractivity (Wildman–Crippen MR) is 132 cm³/mol. The molecule has 0 radical (unpaired) electrons. The first kappa shape index (κ1) is 22.8. The number of carbonyl (C=O) groups excluding carboxylic acids is 2. The SMILES string of the molecule is CC12CCC3(CNC(Cc4ccccc4)C(=O)O3)CC1CCC1C2CCC2(C)C(=O)CCC12C. The average Bonchev–Trinajstić information content (AvgIpc) is 3.07. The van der Waals surface area contributed by atoms with Crippen molar-refractivity contribution in [2.75, 3.05) is 6.54 Å². The van der Waals surface area contributed by atoms with Crippen LogP contribution in [0.1, 0.15) is 84.1 Å². The maximum atomic E-state index is 13.1. The lowest BCUT2D eigenvalue weighted by atomic mass is 9.40. The zero-order valence-electron chi connectivity index (χ0n) is 21.2. The summed E-state index contributed by atoms with van der Waals surface area (Å²) in [6, 6.07) is 9.98. The Labute approximate surface area is 204 Å². The summed E-state index contributed by atoms with van der Waals surface area (Å²) in [5.41, 5.74) is 1.20. The van der Waals surface area contributed by atoms with Crippen molar-refractivity contribution in [3.05, 3.63) is 35.9 Å². The Morgan fingerprint density at radius 3 is 2.50 bits per heavy atom. The lowest BCUT2D eigenvalue weighted by Crippen LogP contribution is -2.64. The number of esters is 1. The van der Waals surface area contributed by atoms with Crippen LogP contribution in [0.2, 0.25) is 0 Å². The minimum absolute atomic E-state index is 0.0715. The van der Waals surface area contributed by atoms with Gasteiger partial charge >= 0.3 is 5.97 Å². The molecule has 34 heavy (non-hydrogen) atoms. The molecule has 4 heteroatoms. The van der Waals surface area contributed by atoms with Gasteiger partial charge in [0.2, 0.25) is 0 Å².